The van der Waals surface area contributed by atoms with Gasteiger partial charge >= 0.3 is 12.0 Å². The van der Waals surface area contributed by atoms with Crippen LogP contribution in [0.25, 0.3) is 10.9 Å². The van der Waals surface area contributed by atoms with E-state index < -0.39 is 11.6 Å². The summed E-state index contributed by atoms with van der Waals surface area (Å²) in [5.41, 5.74) is 2.52. The van der Waals surface area contributed by atoms with Crippen molar-refractivity contribution in [3.05, 3.63) is 106 Å². The number of thioether (sulfide) groups is 1. The molecule has 0 saturated heterocycles. The number of aromatic hydroxyl groups is 1. The third kappa shape index (κ3) is 6.70. The van der Waals surface area contributed by atoms with Crippen LogP contribution in [0.5, 0.6) is 5.88 Å². The van der Waals surface area contributed by atoms with Crippen molar-refractivity contribution in [1.29, 1.82) is 0 Å². The minimum atomic E-state index is -0.724. The Hall–Kier alpha value is -4.05. The summed E-state index contributed by atoms with van der Waals surface area (Å²) in [5, 5.41) is 23.7. The van der Waals surface area contributed by atoms with E-state index in [1.54, 1.807) is 36.0 Å². The van der Waals surface area contributed by atoms with Gasteiger partial charge in [-0.15, -0.1) is 16.9 Å². The number of anilines is 1. The smallest absolute Gasteiger partial charge is 0.364 e. The van der Waals surface area contributed by atoms with Gasteiger partial charge in [-0.1, -0.05) is 71.7 Å². The molecule has 4 aromatic rings. The molecule has 0 spiro atoms. The number of methoxy groups -OCH3 is 1. The van der Waals surface area contributed by atoms with Gasteiger partial charge in [0.05, 0.1) is 33.8 Å². The number of nitrogens with zero attached hydrogens (tertiary/aromatic N) is 3. The number of allylic oxidation sites excluding steroid dienone is 4. The Balaban J connectivity index is 1.43. The average Bonchev–Trinajstić information content (AvgIpc) is 3.32. The van der Waals surface area contributed by atoms with Crippen molar-refractivity contribution in [3.63, 3.8) is 0 Å². The first-order valence-electron chi connectivity index (χ1n) is 13.9. The van der Waals surface area contributed by atoms with Crippen LogP contribution in [0.3, 0.4) is 0 Å². The van der Waals surface area contributed by atoms with Gasteiger partial charge in [-0.3, -0.25) is 0 Å². The number of urea groups is 1. The monoisotopic (exact) mass is 648 g/mol. The number of hydrogen-bond acceptors (Lipinski definition) is 6. The number of nitrogens with one attached hydrogen (secondary N) is 1. The Morgan fingerprint density at radius 2 is 1.86 bits per heavy atom. The number of fused-ring (bicyclic) bond motifs is 1. The summed E-state index contributed by atoms with van der Waals surface area (Å²) in [4.78, 5) is 25.4. The Morgan fingerprint density at radius 3 is 2.55 bits per heavy atom. The van der Waals surface area contributed by atoms with E-state index >= 15 is 0 Å². The molecular formula is C33H30Cl2N4O4S. The third-order valence-electron chi connectivity index (χ3n) is 7.52. The minimum absolute atomic E-state index is 0.0688. The SMILES string of the molecule is CCC1(n2c(O)c(N=NC(=O)Nc3ccc(Cl)c(Cl)c3)c3cc(SCCc4ccc(C(=O)OC)cc4)ccc32)C=CC=CC1. The fraction of sp³-hybridized carbons (Fsp3) is 0.212. The lowest BCUT2D eigenvalue weighted by Gasteiger charge is -2.33. The number of esters is 1. The highest BCUT2D eigenvalue weighted by Crippen LogP contribution is 2.47. The van der Waals surface area contributed by atoms with E-state index in [0.29, 0.717) is 33.1 Å². The van der Waals surface area contributed by atoms with Gasteiger partial charge < -0.3 is 19.7 Å². The topological polar surface area (TPSA) is 105 Å². The molecule has 226 valence electrons. The molecule has 1 aliphatic rings. The molecule has 0 bridgehead atoms. The first kappa shape index (κ1) is 31.4. The number of aromatic nitrogens is 1. The zero-order valence-corrected chi connectivity index (χ0v) is 26.4. The van der Waals surface area contributed by atoms with Crippen LogP contribution >= 0.6 is 35.0 Å². The van der Waals surface area contributed by atoms with Crippen molar-refractivity contribution < 1.29 is 19.4 Å². The van der Waals surface area contributed by atoms with Crippen LogP contribution in [0.15, 0.2) is 100 Å². The van der Waals surface area contributed by atoms with Gasteiger partial charge in [-0.2, -0.15) is 0 Å². The summed E-state index contributed by atoms with van der Waals surface area (Å²) in [6.07, 6.45) is 10.3. The number of rotatable bonds is 9. The number of azo groups is 1. The lowest BCUT2D eigenvalue weighted by Crippen LogP contribution is -2.30. The number of ether oxygens (including phenoxy) is 1. The fourth-order valence-corrected chi connectivity index (χ4v) is 6.39. The Bertz CT molecular complexity index is 1800. The Kier molecular flexibility index (Phi) is 9.78. The molecule has 5 rings (SSSR count). The molecule has 0 aliphatic heterocycles. The lowest BCUT2D eigenvalue weighted by molar-refractivity contribution is 0.0600. The van der Waals surface area contributed by atoms with E-state index in [1.807, 2.05) is 47.1 Å². The molecular weight excluding hydrogens is 619 g/mol. The number of hydrogen-bond donors (Lipinski definition) is 2. The minimum Gasteiger partial charge on any atom is -0.493 e. The van der Waals surface area contributed by atoms with Crippen molar-refractivity contribution in [3.8, 4) is 5.88 Å². The summed E-state index contributed by atoms with van der Waals surface area (Å²) in [7, 11) is 1.36. The zero-order valence-electron chi connectivity index (χ0n) is 24.1. The van der Waals surface area contributed by atoms with Crippen molar-refractivity contribution in [2.24, 2.45) is 10.2 Å². The van der Waals surface area contributed by atoms with E-state index in [0.717, 1.165) is 34.6 Å². The quantitative estimate of drug-likeness (QED) is 0.107. The summed E-state index contributed by atoms with van der Waals surface area (Å²) in [6.45, 7) is 2.07. The van der Waals surface area contributed by atoms with Gasteiger partial charge in [0.1, 0.15) is 0 Å². The zero-order chi connectivity index (χ0) is 31.3. The first-order valence-corrected chi connectivity index (χ1v) is 15.7. The molecule has 1 atom stereocenters. The van der Waals surface area contributed by atoms with E-state index in [1.165, 1.54) is 13.2 Å². The molecule has 8 nitrogen and oxygen atoms in total. The largest absolute Gasteiger partial charge is 0.493 e. The highest BCUT2D eigenvalue weighted by Gasteiger charge is 2.33. The van der Waals surface area contributed by atoms with Crippen LogP contribution in [0.2, 0.25) is 10.0 Å². The summed E-state index contributed by atoms with van der Waals surface area (Å²) in [6, 6.07) is 17.3. The second kappa shape index (κ2) is 13.7. The first-order chi connectivity index (χ1) is 21.2. The molecule has 44 heavy (non-hydrogen) atoms. The molecule has 1 heterocycles. The van der Waals surface area contributed by atoms with Gasteiger partial charge in [0.25, 0.3) is 0 Å². The fourth-order valence-electron chi connectivity index (χ4n) is 5.15. The normalized spacial score (nSPS) is 16.1. The number of carbonyl (C=O) groups excluding carboxylic acids is 2. The van der Waals surface area contributed by atoms with Crippen LogP contribution in [0, 0.1) is 0 Å². The number of carbonyl (C=O) groups is 2. The van der Waals surface area contributed by atoms with Crippen LogP contribution in [0.1, 0.15) is 35.7 Å². The molecule has 1 aliphatic carbocycles. The molecule has 2 amide bonds. The van der Waals surface area contributed by atoms with Crippen LogP contribution in [0.4, 0.5) is 16.2 Å². The lowest BCUT2D eigenvalue weighted by atomic mass is 9.88. The van der Waals surface area contributed by atoms with Crippen molar-refractivity contribution in [1.82, 2.24) is 4.57 Å². The van der Waals surface area contributed by atoms with E-state index in [2.05, 4.69) is 34.6 Å². The number of halogens is 2. The van der Waals surface area contributed by atoms with Crippen molar-refractivity contribution in [2.75, 3.05) is 18.2 Å². The molecule has 1 aromatic heterocycles. The van der Waals surface area contributed by atoms with E-state index in [-0.39, 0.29) is 17.5 Å². The highest BCUT2D eigenvalue weighted by atomic mass is 35.5. The van der Waals surface area contributed by atoms with Gasteiger partial charge in [0.2, 0.25) is 5.88 Å². The van der Waals surface area contributed by atoms with Gasteiger partial charge in [-0.05, 0) is 73.4 Å². The van der Waals surface area contributed by atoms with Crippen molar-refractivity contribution in [2.45, 2.75) is 36.6 Å². The molecule has 0 saturated carbocycles. The maximum absolute atomic E-state index is 12.7. The summed E-state index contributed by atoms with van der Waals surface area (Å²) in [5.74, 6) is 0.352. The standard InChI is InChI=1S/C33H30Cl2N4O4S/c1-3-33(16-5-4-6-17-33)39-28-14-12-24(44-18-15-21-7-9-22(10-8-21)31(41)43-2)20-25(28)29(30(39)40)37-38-32(42)36-23-11-13-26(34)27(35)19-23/h4-14,16,19-20,40H,3,15,17-18H2,1-2H3,(H,36,42). The van der Waals surface area contributed by atoms with Crippen molar-refractivity contribution >= 4 is 69.2 Å². The molecule has 0 fully saturated rings. The molecule has 2 N–H and O–H groups in total. The van der Waals surface area contributed by atoms with Gasteiger partial charge in [0, 0.05) is 21.7 Å². The van der Waals surface area contributed by atoms with E-state index in [4.69, 9.17) is 27.9 Å². The molecule has 1 unspecified atom stereocenters. The summed E-state index contributed by atoms with van der Waals surface area (Å²) >= 11 is 13.7. The maximum Gasteiger partial charge on any atom is 0.364 e. The second-order valence-corrected chi connectivity index (χ2v) is 12.2. The van der Waals surface area contributed by atoms with Gasteiger partial charge in [-0.25, -0.2) is 9.59 Å². The highest BCUT2D eigenvalue weighted by molar-refractivity contribution is 7.99. The Labute approximate surface area is 269 Å². The number of amides is 2. The van der Waals surface area contributed by atoms with Crippen LogP contribution in [-0.2, 0) is 16.7 Å². The summed E-state index contributed by atoms with van der Waals surface area (Å²) < 4.78 is 6.65. The predicted molar refractivity (Wildman–Crippen MR) is 177 cm³/mol. The Morgan fingerprint density at radius 1 is 1.07 bits per heavy atom. The average molecular weight is 650 g/mol. The maximum atomic E-state index is 12.7. The van der Waals surface area contributed by atoms with Crippen LogP contribution < -0.4 is 5.32 Å². The van der Waals surface area contributed by atoms with Gasteiger partial charge in [0.15, 0.2) is 5.69 Å². The number of aryl methyl sites for hydroxylation is 1. The molecule has 3 aromatic carbocycles. The molecule has 11 heteroatoms. The second-order valence-electron chi connectivity index (χ2n) is 10.2. The third-order valence-corrected chi connectivity index (χ3v) is 9.25. The predicted octanol–water partition coefficient (Wildman–Crippen LogP) is 9.71. The molecule has 0 radical (unpaired) electrons. The van der Waals surface area contributed by atoms with E-state index in [9.17, 15) is 14.7 Å². The number of benzene rings is 3. The van der Waals surface area contributed by atoms with Crippen LogP contribution in [-0.4, -0.2) is 34.5 Å².